The van der Waals surface area contributed by atoms with E-state index in [9.17, 15) is 18.5 Å². The Labute approximate surface area is 146 Å². The van der Waals surface area contributed by atoms with Crippen LogP contribution < -0.4 is 10.5 Å². The number of nitro groups is 1. The van der Waals surface area contributed by atoms with Gasteiger partial charge in [0.2, 0.25) is 10.0 Å². The first-order valence-electron chi connectivity index (χ1n) is 7.42. The van der Waals surface area contributed by atoms with Gasteiger partial charge in [0.15, 0.2) is 4.90 Å². The molecule has 8 nitrogen and oxygen atoms in total. The van der Waals surface area contributed by atoms with E-state index in [2.05, 4.69) is 0 Å². The van der Waals surface area contributed by atoms with Crippen molar-refractivity contribution in [1.82, 2.24) is 4.31 Å². The number of halogens is 1. The van der Waals surface area contributed by atoms with E-state index in [1.165, 1.54) is 23.5 Å². The molecule has 3 atom stereocenters. The minimum Gasteiger partial charge on any atom is -0.497 e. The number of sulfonamides is 1. The summed E-state index contributed by atoms with van der Waals surface area (Å²) >= 11 is 0. The lowest BCUT2D eigenvalue weighted by Crippen LogP contribution is -2.33. The highest BCUT2D eigenvalue weighted by Gasteiger charge is 2.46. The number of fused-ring (bicyclic) bond motifs is 1. The zero-order valence-electron chi connectivity index (χ0n) is 13.1. The third-order valence-corrected chi connectivity index (χ3v) is 6.74. The fraction of sp³-hybridized carbons (Fsp3) is 0.571. The van der Waals surface area contributed by atoms with E-state index in [1.54, 1.807) is 0 Å². The number of ether oxygens (including phenoxy) is 1. The molecule has 1 aromatic rings. The second kappa shape index (κ2) is 6.83. The number of hydrogen-bond donors (Lipinski definition) is 1. The molecule has 1 aliphatic heterocycles. The first-order valence-corrected chi connectivity index (χ1v) is 8.86. The average molecular weight is 378 g/mol. The lowest BCUT2D eigenvalue weighted by atomic mass is 9.98. The highest BCUT2D eigenvalue weighted by atomic mass is 35.5. The fourth-order valence-electron chi connectivity index (χ4n) is 3.59. The van der Waals surface area contributed by atoms with Crippen LogP contribution >= 0.6 is 12.4 Å². The zero-order chi connectivity index (χ0) is 16.8. The second-order valence-corrected chi connectivity index (χ2v) is 7.98. The summed E-state index contributed by atoms with van der Waals surface area (Å²) < 4.78 is 31.9. The first-order chi connectivity index (χ1) is 10.8. The normalized spacial score (nSPS) is 26.7. The van der Waals surface area contributed by atoms with Crippen LogP contribution in [0.25, 0.3) is 0 Å². The molecule has 2 N–H and O–H groups in total. The van der Waals surface area contributed by atoms with E-state index >= 15 is 0 Å². The molecule has 3 unspecified atom stereocenters. The van der Waals surface area contributed by atoms with Crippen LogP contribution in [0.5, 0.6) is 5.75 Å². The van der Waals surface area contributed by atoms with Gasteiger partial charge in [-0.1, -0.05) is 0 Å². The van der Waals surface area contributed by atoms with E-state index in [0.29, 0.717) is 13.1 Å². The average Bonchev–Trinajstić information content (AvgIpc) is 3.09. The Hall–Kier alpha value is -1.42. The summed E-state index contributed by atoms with van der Waals surface area (Å²) in [7, 11) is -2.55. The number of benzene rings is 1. The molecule has 1 saturated heterocycles. The van der Waals surface area contributed by atoms with E-state index in [-0.39, 0.29) is 40.9 Å². The smallest absolute Gasteiger partial charge is 0.293 e. The Kier molecular flexibility index (Phi) is 5.38. The van der Waals surface area contributed by atoms with Crippen LogP contribution in [0, 0.1) is 22.0 Å². The minimum atomic E-state index is -3.92. The monoisotopic (exact) mass is 377 g/mol. The Morgan fingerprint density at radius 3 is 2.62 bits per heavy atom. The Morgan fingerprint density at radius 2 is 2.04 bits per heavy atom. The topological polar surface area (TPSA) is 116 Å². The summed E-state index contributed by atoms with van der Waals surface area (Å²) in [5.74, 6) is 0.634. The van der Waals surface area contributed by atoms with E-state index < -0.39 is 20.6 Å². The van der Waals surface area contributed by atoms with Gasteiger partial charge in [0.05, 0.1) is 18.1 Å². The summed E-state index contributed by atoms with van der Waals surface area (Å²) in [6.45, 7) is 0.710. The Morgan fingerprint density at radius 1 is 1.33 bits per heavy atom. The number of nitrogens with zero attached hydrogens (tertiary/aromatic N) is 2. The number of rotatable bonds is 4. The number of hydrogen-bond acceptors (Lipinski definition) is 6. The second-order valence-electron chi connectivity index (χ2n) is 6.08. The van der Waals surface area contributed by atoms with Crippen molar-refractivity contribution in [3.05, 3.63) is 28.3 Å². The quantitative estimate of drug-likeness (QED) is 0.626. The molecular formula is C14H20ClN3O5S. The van der Waals surface area contributed by atoms with Crippen molar-refractivity contribution in [2.45, 2.75) is 23.8 Å². The van der Waals surface area contributed by atoms with Gasteiger partial charge in [-0.05, 0) is 36.8 Å². The minimum absolute atomic E-state index is 0. The zero-order valence-corrected chi connectivity index (χ0v) is 14.8. The maximum Gasteiger partial charge on any atom is 0.293 e. The number of nitrogens with two attached hydrogens (primary N) is 1. The number of nitro benzene ring substituents is 1. The summed E-state index contributed by atoms with van der Waals surface area (Å²) in [4.78, 5) is 10.3. The molecule has 0 radical (unpaired) electrons. The molecule has 0 amide bonds. The lowest BCUT2D eigenvalue weighted by molar-refractivity contribution is -0.387. The van der Waals surface area contributed by atoms with Crippen molar-refractivity contribution in [2.75, 3.05) is 20.2 Å². The van der Waals surface area contributed by atoms with Gasteiger partial charge in [0, 0.05) is 19.1 Å². The highest BCUT2D eigenvalue weighted by Crippen LogP contribution is 2.40. The highest BCUT2D eigenvalue weighted by molar-refractivity contribution is 7.89. The molecule has 0 aromatic heterocycles. The molecule has 1 saturated carbocycles. The van der Waals surface area contributed by atoms with Crippen molar-refractivity contribution in [3.8, 4) is 5.75 Å². The molecule has 0 bridgehead atoms. The van der Waals surface area contributed by atoms with E-state index in [0.717, 1.165) is 18.9 Å². The van der Waals surface area contributed by atoms with Gasteiger partial charge >= 0.3 is 0 Å². The molecule has 24 heavy (non-hydrogen) atoms. The van der Waals surface area contributed by atoms with Crippen LogP contribution in [0.4, 0.5) is 5.69 Å². The van der Waals surface area contributed by atoms with Gasteiger partial charge < -0.3 is 10.5 Å². The predicted octanol–water partition coefficient (Wildman–Crippen LogP) is 1.38. The first kappa shape index (κ1) is 18.9. The van der Waals surface area contributed by atoms with Crippen LogP contribution in [0.1, 0.15) is 12.8 Å². The van der Waals surface area contributed by atoms with Crippen molar-refractivity contribution >= 4 is 28.1 Å². The molecular weight excluding hydrogens is 358 g/mol. The van der Waals surface area contributed by atoms with Crippen LogP contribution in [-0.4, -0.2) is 43.9 Å². The molecule has 1 aromatic carbocycles. The van der Waals surface area contributed by atoms with Crippen LogP contribution in [0.3, 0.4) is 0 Å². The fourth-order valence-corrected chi connectivity index (χ4v) is 5.26. The molecule has 2 fully saturated rings. The SMILES string of the molecule is COc1ccc(S(=O)(=O)N2CC3CCC(N)C3C2)c([N+](=O)[O-])c1.Cl. The van der Waals surface area contributed by atoms with Gasteiger partial charge in [-0.15, -0.1) is 12.4 Å². The molecule has 1 aliphatic carbocycles. The van der Waals surface area contributed by atoms with Crippen molar-refractivity contribution < 1.29 is 18.1 Å². The van der Waals surface area contributed by atoms with Gasteiger partial charge in [0.1, 0.15) is 5.75 Å². The summed E-state index contributed by atoms with van der Waals surface area (Å²) in [5.41, 5.74) is 5.57. The van der Waals surface area contributed by atoms with Crippen LogP contribution in [0.2, 0.25) is 0 Å². The molecule has 3 rings (SSSR count). The summed E-state index contributed by atoms with van der Waals surface area (Å²) in [6.07, 6.45) is 1.81. The Bertz CT molecular complexity index is 742. The summed E-state index contributed by atoms with van der Waals surface area (Å²) in [6, 6.07) is 3.80. The summed E-state index contributed by atoms with van der Waals surface area (Å²) in [5, 5.41) is 11.2. The Balaban J connectivity index is 0.00000208. The lowest BCUT2D eigenvalue weighted by Gasteiger charge is -2.18. The third kappa shape index (κ3) is 3.08. The predicted molar refractivity (Wildman–Crippen MR) is 89.8 cm³/mol. The van der Waals surface area contributed by atoms with Gasteiger partial charge in [0.25, 0.3) is 5.69 Å². The van der Waals surface area contributed by atoms with Crippen molar-refractivity contribution in [1.29, 1.82) is 0 Å². The van der Waals surface area contributed by atoms with E-state index in [1.807, 2.05) is 0 Å². The van der Waals surface area contributed by atoms with Gasteiger partial charge in [-0.2, -0.15) is 4.31 Å². The van der Waals surface area contributed by atoms with Gasteiger partial charge in [-0.25, -0.2) is 8.42 Å². The molecule has 2 aliphatic rings. The number of methoxy groups -OCH3 is 1. The molecule has 1 heterocycles. The van der Waals surface area contributed by atoms with Crippen LogP contribution in [-0.2, 0) is 10.0 Å². The standard InChI is InChI=1S/C14H19N3O5S.ClH/c1-22-10-3-5-14(13(6-10)17(18)19)23(20,21)16-7-9-2-4-12(15)11(9)8-16;/h3,5-6,9,11-12H,2,4,7-8,15H2,1H3;1H. The third-order valence-electron chi connectivity index (χ3n) is 4.86. The van der Waals surface area contributed by atoms with Gasteiger partial charge in [-0.3, -0.25) is 10.1 Å². The van der Waals surface area contributed by atoms with Crippen molar-refractivity contribution in [3.63, 3.8) is 0 Å². The van der Waals surface area contributed by atoms with E-state index in [4.69, 9.17) is 10.5 Å². The van der Waals surface area contributed by atoms with Crippen molar-refractivity contribution in [2.24, 2.45) is 17.6 Å². The maximum atomic E-state index is 12.8. The molecule has 10 heteroatoms. The molecule has 0 spiro atoms. The maximum absolute atomic E-state index is 12.8. The molecule has 134 valence electrons. The largest absolute Gasteiger partial charge is 0.497 e. The van der Waals surface area contributed by atoms with Crippen LogP contribution in [0.15, 0.2) is 23.1 Å².